The van der Waals surface area contributed by atoms with Gasteiger partial charge in [-0.3, -0.25) is 0 Å². The Bertz CT molecular complexity index is 173. The zero-order valence-electron chi connectivity index (χ0n) is 7.85. The molecule has 1 N–H and O–H groups in total. The molecule has 1 spiro atoms. The minimum atomic E-state index is -0.0358. The summed E-state index contributed by atoms with van der Waals surface area (Å²) in [5, 5.41) is 3.40. The van der Waals surface area contributed by atoms with Gasteiger partial charge in [-0.25, -0.2) is 0 Å². The molecule has 0 bridgehead atoms. The van der Waals surface area contributed by atoms with Gasteiger partial charge in [-0.1, -0.05) is 0 Å². The van der Waals surface area contributed by atoms with Gasteiger partial charge in [-0.2, -0.15) is 0 Å². The molecule has 2 aliphatic heterocycles. The van der Waals surface area contributed by atoms with Crippen molar-refractivity contribution in [2.24, 2.45) is 0 Å². The molecule has 2 saturated heterocycles. The van der Waals surface area contributed by atoms with E-state index in [9.17, 15) is 0 Å². The highest BCUT2D eigenvalue weighted by Crippen LogP contribution is 2.30. The fourth-order valence-electron chi connectivity index (χ4n) is 2.06. The van der Waals surface area contributed by atoms with Crippen LogP contribution in [0.4, 0.5) is 0 Å². The maximum atomic E-state index is 6.03. The van der Waals surface area contributed by atoms with Gasteiger partial charge in [0, 0.05) is 26.1 Å². The van der Waals surface area contributed by atoms with Crippen molar-refractivity contribution in [2.45, 2.75) is 31.5 Å². The van der Waals surface area contributed by atoms with Gasteiger partial charge in [0.25, 0.3) is 0 Å². The van der Waals surface area contributed by atoms with Crippen LogP contribution >= 0.6 is 0 Å². The van der Waals surface area contributed by atoms with Crippen LogP contribution in [0.1, 0.15) is 20.3 Å². The van der Waals surface area contributed by atoms with Crippen LogP contribution in [0.25, 0.3) is 0 Å². The molecule has 0 aromatic heterocycles. The molecule has 2 fully saturated rings. The molecule has 0 aliphatic carbocycles. The molecule has 0 radical (unpaired) electrons. The van der Waals surface area contributed by atoms with Gasteiger partial charge < -0.3 is 14.8 Å². The summed E-state index contributed by atoms with van der Waals surface area (Å²) in [6.45, 7) is 7.73. The molecule has 12 heavy (non-hydrogen) atoms. The molecule has 2 aliphatic rings. The monoisotopic (exact) mass is 171 g/mol. The molecule has 0 unspecified atom stereocenters. The van der Waals surface area contributed by atoms with Crippen molar-refractivity contribution in [1.29, 1.82) is 0 Å². The van der Waals surface area contributed by atoms with E-state index in [1.165, 1.54) is 0 Å². The Morgan fingerprint density at radius 3 is 2.67 bits per heavy atom. The molecular weight excluding hydrogens is 154 g/mol. The minimum absolute atomic E-state index is 0.0260. The number of morpholine rings is 1. The average Bonchev–Trinajstić information content (AvgIpc) is 2.34. The maximum Gasteiger partial charge on any atom is 0.107 e. The average molecular weight is 171 g/mol. The van der Waals surface area contributed by atoms with Crippen LogP contribution in [-0.4, -0.2) is 37.5 Å². The van der Waals surface area contributed by atoms with Crippen LogP contribution in [0, 0.1) is 0 Å². The third-order valence-corrected chi connectivity index (χ3v) is 2.56. The fourth-order valence-corrected chi connectivity index (χ4v) is 2.06. The van der Waals surface area contributed by atoms with Crippen molar-refractivity contribution in [3.8, 4) is 0 Å². The van der Waals surface area contributed by atoms with Gasteiger partial charge in [0.05, 0.1) is 12.2 Å². The first-order chi connectivity index (χ1) is 5.62. The van der Waals surface area contributed by atoms with Crippen molar-refractivity contribution in [1.82, 2.24) is 5.32 Å². The zero-order chi connectivity index (χ0) is 8.66. The second kappa shape index (κ2) is 2.69. The summed E-state index contributed by atoms with van der Waals surface area (Å²) >= 11 is 0. The molecular formula is C9H17NO2. The normalized spacial score (nSPS) is 40.5. The van der Waals surface area contributed by atoms with E-state index < -0.39 is 0 Å². The summed E-state index contributed by atoms with van der Waals surface area (Å²) in [5.41, 5.74) is -0.0618. The Labute approximate surface area is 73.4 Å². The molecule has 3 heteroatoms. The summed E-state index contributed by atoms with van der Waals surface area (Å²) in [4.78, 5) is 0. The SMILES string of the molecule is CC1(C)CNC[C@]2(CCOC2)O1. The Kier molecular flexibility index (Phi) is 1.90. The van der Waals surface area contributed by atoms with Crippen LogP contribution in [0.5, 0.6) is 0 Å². The third-order valence-electron chi connectivity index (χ3n) is 2.56. The Morgan fingerprint density at radius 1 is 1.25 bits per heavy atom. The molecule has 3 nitrogen and oxygen atoms in total. The lowest BCUT2D eigenvalue weighted by Crippen LogP contribution is -2.58. The topological polar surface area (TPSA) is 30.5 Å². The molecule has 1 atom stereocenters. The molecule has 2 rings (SSSR count). The lowest BCUT2D eigenvalue weighted by atomic mass is 9.97. The highest BCUT2D eigenvalue weighted by Gasteiger charge is 2.43. The molecule has 0 aromatic rings. The number of hydrogen-bond donors (Lipinski definition) is 1. The first kappa shape index (κ1) is 8.48. The Hall–Kier alpha value is -0.120. The van der Waals surface area contributed by atoms with Gasteiger partial charge in [0.15, 0.2) is 0 Å². The smallest absolute Gasteiger partial charge is 0.107 e. The van der Waals surface area contributed by atoms with Gasteiger partial charge in [0.2, 0.25) is 0 Å². The van der Waals surface area contributed by atoms with Crippen LogP contribution in [0.15, 0.2) is 0 Å². The van der Waals surface area contributed by atoms with Crippen LogP contribution in [0.3, 0.4) is 0 Å². The standard InChI is InChI=1S/C9H17NO2/c1-8(2)5-10-6-9(12-8)3-4-11-7-9/h10H,3-7H2,1-2H3/t9-/m0/s1. The summed E-state index contributed by atoms with van der Waals surface area (Å²) in [6.07, 6.45) is 1.03. The van der Waals surface area contributed by atoms with Gasteiger partial charge in [0.1, 0.15) is 5.60 Å². The van der Waals surface area contributed by atoms with E-state index in [-0.39, 0.29) is 11.2 Å². The van der Waals surface area contributed by atoms with Gasteiger partial charge in [-0.05, 0) is 13.8 Å². The van der Waals surface area contributed by atoms with E-state index >= 15 is 0 Å². The Morgan fingerprint density at radius 2 is 2.08 bits per heavy atom. The molecule has 2 heterocycles. The number of nitrogens with one attached hydrogen (secondary N) is 1. The van der Waals surface area contributed by atoms with Crippen molar-refractivity contribution >= 4 is 0 Å². The first-order valence-electron chi connectivity index (χ1n) is 4.61. The van der Waals surface area contributed by atoms with Crippen LogP contribution in [0.2, 0.25) is 0 Å². The summed E-state index contributed by atoms with van der Waals surface area (Å²) in [5.74, 6) is 0. The largest absolute Gasteiger partial charge is 0.378 e. The fraction of sp³-hybridized carbons (Fsp3) is 1.00. The number of hydrogen-bond acceptors (Lipinski definition) is 3. The number of rotatable bonds is 0. The van der Waals surface area contributed by atoms with Crippen molar-refractivity contribution in [3.63, 3.8) is 0 Å². The van der Waals surface area contributed by atoms with E-state index in [4.69, 9.17) is 9.47 Å². The third kappa shape index (κ3) is 1.49. The van der Waals surface area contributed by atoms with Crippen molar-refractivity contribution in [2.75, 3.05) is 26.3 Å². The lowest BCUT2D eigenvalue weighted by Gasteiger charge is -2.42. The van der Waals surface area contributed by atoms with E-state index in [2.05, 4.69) is 19.2 Å². The minimum Gasteiger partial charge on any atom is -0.378 e. The summed E-state index contributed by atoms with van der Waals surface area (Å²) < 4.78 is 11.4. The quantitative estimate of drug-likeness (QED) is 0.577. The predicted octanol–water partition coefficient (Wildman–Crippen LogP) is 0.544. The second-order valence-corrected chi connectivity index (χ2v) is 4.45. The Balaban J connectivity index is 2.07. The van der Waals surface area contributed by atoms with E-state index in [0.717, 1.165) is 32.7 Å². The van der Waals surface area contributed by atoms with Gasteiger partial charge in [-0.15, -0.1) is 0 Å². The van der Waals surface area contributed by atoms with Crippen LogP contribution in [-0.2, 0) is 9.47 Å². The van der Waals surface area contributed by atoms with Gasteiger partial charge >= 0.3 is 0 Å². The van der Waals surface area contributed by atoms with E-state index in [0.29, 0.717) is 0 Å². The van der Waals surface area contributed by atoms with Crippen molar-refractivity contribution in [3.05, 3.63) is 0 Å². The van der Waals surface area contributed by atoms with Crippen molar-refractivity contribution < 1.29 is 9.47 Å². The second-order valence-electron chi connectivity index (χ2n) is 4.45. The molecule has 0 aromatic carbocycles. The zero-order valence-corrected chi connectivity index (χ0v) is 7.85. The highest BCUT2D eigenvalue weighted by atomic mass is 16.6. The molecule has 0 amide bonds. The predicted molar refractivity (Wildman–Crippen MR) is 46.2 cm³/mol. The highest BCUT2D eigenvalue weighted by molar-refractivity contribution is 4.95. The maximum absolute atomic E-state index is 6.03. The molecule has 70 valence electrons. The lowest BCUT2D eigenvalue weighted by molar-refractivity contribution is -0.160. The summed E-state index contributed by atoms with van der Waals surface area (Å²) in [6, 6.07) is 0. The van der Waals surface area contributed by atoms with Crippen LogP contribution < -0.4 is 5.32 Å². The first-order valence-corrected chi connectivity index (χ1v) is 4.61. The molecule has 0 saturated carbocycles. The summed E-state index contributed by atoms with van der Waals surface area (Å²) in [7, 11) is 0. The van der Waals surface area contributed by atoms with E-state index in [1.807, 2.05) is 0 Å². The van der Waals surface area contributed by atoms with E-state index in [1.54, 1.807) is 0 Å². The number of ether oxygens (including phenoxy) is 2.